The third kappa shape index (κ3) is 3.60. The van der Waals surface area contributed by atoms with Crippen molar-refractivity contribution in [2.24, 2.45) is 0 Å². The summed E-state index contributed by atoms with van der Waals surface area (Å²) in [6.07, 6.45) is 2.57. The van der Waals surface area contributed by atoms with Crippen molar-refractivity contribution < 1.29 is 9.13 Å². The maximum absolute atomic E-state index is 13.2. The van der Waals surface area contributed by atoms with E-state index in [1.807, 2.05) is 0 Å². The van der Waals surface area contributed by atoms with Gasteiger partial charge in [0.2, 0.25) is 0 Å². The second kappa shape index (κ2) is 5.94. The lowest BCUT2D eigenvalue weighted by atomic mass is 10.2. The summed E-state index contributed by atoms with van der Waals surface area (Å²) < 4.78 is 19.2. The monoisotopic (exact) mass is 258 g/mol. The van der Waals surface area contributed by atoms with Crippen LogP contribution in [0.3, 0.4) is 0 Å². The number of hydrogen-bond acceptors (Lipinski definition) is 1. The molecule has 0 bridgehead atoms. The molecule has 0 saturated heterocycles. The van der Waals surface area contributed by atoms with Gasteiger partial charge in [-0.25, -0.2) is 4.39 Å². The molecule has 0 aliphatic carbocycles. The highest BCUT2D eigenvalue weighted by molar-refractivity contribution is 9.10. The van der Waals surface area contributed by atoms with E-state index in [9.17, 15) is 4.39 Å². The summed E-state index contributed by atoms with van der Waals surface area (Å²) in [6, 6.07) is 4.95. The quantitative estimate of drug-likeness (QED) is 0.579. The van der Waals surface area contributed by atoms with Gasteiger partial charge in [0.15, 0.2) is 0 Å². The molecule has 0 spiro atoms. The highest BCUT2D eigenvalue weighted by atomic mass is 79.9. The Balaban J connectivity index is 2.46. The molecule has 1 aromatic rings. The van der Waals surface area contributed by atoms with Gasteiger partial charge >= 0.3 is 0 Å². The van der Waals surface area contributed by atoms with E-state index in [0.717, 1.165) is 10.9 Å². The number of halogens is 2. The zero-order chi connectivity index (χ0) is 10.4. The molecule has 0 atom stereocenters. The molecule has 1 nitrogen and oxygen atoms in total. The standard InChI is InChI=1S/C11H12BrFO/c1-2-3-6-14-8-9-4-5-10(12)7-11(9)13/h2,4-5,7H,1,3,6,8H2. The molecule has 0 unspecified atom stereocenters. The van der Waals surface area contributed by atoms with Gasteiger partial charge in [-0.2, -0.15) is 0 Å². The maximum atomic E-state index is 13.2. The Kier molecular flexibility index (Phi) is 4.84. The summed E-state index contributed by atoms with van der Waals surface area (Å²) in [5.74, 6) is -0.238. The summed E-state index contributed by atoms with van der Waals surface area (Å²) >= 11 is 3.20. The van der Waals surface area contributed by atoms with Crippen LogP contribution in [0.4, 0.5) is 4.39 Å². The first kappa shape index (κ1) is 11.4. The van der Waals surface area contributed by atoms with Gasteiger partial charge in [-0.05, 0) is 18.6 Å². The Morgan fingerprint density at radius 1 is 1.50 bits per heavy atom. The van der Waals surface area contributed by atoms with Gasteiger partial charge in [0.25, 0.3) is 0 Å². The van der Waals surface area contributed by atoms with Crippen molar-refractivity contribution >= 4 is 15.9 Å². The van der Waals surface area contributed by atoms with Crippen LogP contribution in [0.5, 0.6) is 0 Å². The Bertz CT molecular complexity index is 312. The molecule has 0 saturated carbocycles. The van der Waals surface area contributed by atoms with Crippen LogP contribution in [0, 0.1) is 5.82 Å². The van der Waals surface area contributed by atoms with Gasteiger partial charge in [-0.3, -0.25) is 0 Å². The fourth-order valence-corrected chi connectivity index (χ4v) is 1.32. The predicted molar refractivity (Wildman–Crippen MR) is 58.6 cm³/mol. The van der Waals surface area contributed by atoms with E-state index in [4.69, 9.17) is 4.74 Å². The van der Waals surface area contributed by atoms with Crippen molar-refractivity contribution in [3.05, 3.63) is 46.7 Å². The van der Waals surface area contributed by atoms with Crippen LogP contribution in [-0.4, -0.2) is 6.61 Å². The molecule has 0 aromatic heterocycles. The third-order valence-corrected chi connectivity index (χ3v) is 2.23. The smallest absolute Gasteiger partial charge is 0.129 e. The largest absolute Gasteiger partial charge is 0.376 e. The first-order valence-electron chi connectivity index (χ1n) is 4.36. The number of hydrogen-bond donors (Lipinski definition) is 0. The van der Waals surface area contributed by atoms with E-state index in [-0.39, 0.29) is 5.82 Å². The van der Waals surface area contributed by atoms with Gasteiger partial charge in [0, 0.05) is 10.0 Å². The summed E-state index contributed by atoms with van der Waals surface area (Å²) in [4.78, 5) is 0. The molecule has 0 aliphatic rings. The summed E-state index contributed by atoms with van der Waals surface area (Å²) in [5.41, 5.74) is 0.581. The van der Waals surface area contributed by atoms with Crippen molar-refractivity contribution in [2.45, 2.75) is 13.0 Å². The fourth-order valence-electron chi connectivity index (χ4n) is 0.988. The average Bonchev–Trinajstić information content (AvgIpc) is 2.15. The van der Waals surface area contributed by atoms with E-state index in [1.54, 1.807) is 18.2 Å². The summed E-state index contributed by atoms with van der Waals surface area (Å²) in [6.45, 7) is 4.47. The Hall–Kier alpha value is -0.670. The van der Waals surface area contributed by atoms with Crippen molar-refractivity contribution in [3.8, 4) is 0 Å². The second-order valence-corrected chi connectivity index (χ2v) is 3.78. The minimum Gasteiger partial charge on any atom is -0.376 e. The zero-order valence-corrected chi connectivity index (χ0v) is 9.39. The molecule has 0 aliphatic heterocycles. The van der Waals surface area contributed by atoms with Crippen molar-refractivity contribution in [1.29, 1.82) is 0 Å². The van der Waals surface area contributed by atoms with Crippen LogP contribution in [0.2, 0.25) is 0 Å². The van der Waals surface area contributed by atoms with Gasteiger partial charge in [-0.15, -0.1) is 6.58 Å². The molecule has 0 fully saturated rings. The van der Waals surface area contributed by atoms with E-state index >= 15 is 0 Å². The second-order valence-electron chi connectivity index (χ2n) is 2.87. The van der Waals surface area contributed by atoms with Crippen molar-refractivity contribution in [2.75, 3.05) is 6.61 Å². The van der Waals surface area contributed by atoms with E-state index in [0.29, 0.717) is 18.8 Å². The van der Waals surface area contributed by atoms with Gasteiger partial charge in [0.1, 0.15) is 5.82 Å². The molecule has 3 heteroatoms. The molecule has 0 amide bonds. The average molecular weight is 259 g/mol. The predicted octanol–water partition coefficient (Wildman–Crippen LogP) is 3.68. The molecule has 1 aromatic carbocycles. The van der Waals surface area contributed by atoms with Crippen LogP contribution in [0.1, 0.15) is 12.0 Å². The normalized spacial score (nSPS) is 10.1. The number of benzene rings is 1. The first-order chi connectivity index (χ1) is 6.74. The summed E-state index contributed by atoms with van der Waals surface area (Å²) in [5, 5.41) is 0. The van der Waals surface area contributed by atoms with E-state index in [2.05, 4.69) is 22.5 Å². The van der Waals surface area contributed by atoms with Gasteiger partial charge in [0.05, 0.1) is 13.2 Å². The van der Waals surface area contributed by atoms with Gasteiger partial charge in [-0.1, -0.05) is 28.1 Å². The van der Waals surface area contributed by atoms with E-state index in [1.165, 1.54) is 6.07 Å². The lowest BCUT2D eigenvalue weighted by molar-refractivity contribution is 0.123. The molecular weight excluding hydrogens is 247 g/mol. The molecule has 0 heterocycles. The lowest BCUT2D eigenvalue weighted by Crippen LogP contribution is -1.97. The molecule has 0 radical (unpaired) electrons. The molecule has 14 heavy (non-hydrogen) atoms. The highest BCUT2D eigenvalue weighted by Gasteiger charge is 2.01. The van der Waals surface area contributed by atoms with E-state index < -0.39 is 0 Å². The molecule has 76 valence electrons. The fraction of sp³-hybridized carbons (Fsp3) is 0.273. The Morgan fingerprint density at radius 3 is 2.93 bits per heavy atom. The topological polar surface area (TPSA) is 9.23 Å². The molecule has 1 rings (SSSR count). The Morgan fingerprint density at radius 2 is 2.29 bits per heavy atom. The minimum atomic E-state index is -0.238. The lowest BCUT2D eigenvalue weighted by Gasteiger charge is -2.04. The van der Waals surface area contributed by atoms with Crippen LogP contribution < -0.4 is 0 Å². The van der Waals surface area contributed by atoms with Crippen LogP contribution in [-0.2, 0) is 11.3 Å². The van der Waals surface area contributed by atoms with Crippen molar-refractivity contribution in [1.82, 2.24) is 0 Å². The zero-order valence-electron chi connectivity index (χ0n) is 7.80. The van der Waals surface area contributed by atoms with Crippen LogP contribution in [0.25, 0.3) is 0 Å². The van der Waals surface area contributed by atoms with Crippen LogP contribution >= 0.6 is 15.9 Å². The van der Waals surface area contributed by atoms with Crippen LogP contribution in [0.15, 0.2) is 35.3 Å². The van der Waals surface area contributed by atoms with Gasteiger partial charge < -0.3 is 4.74 Å². The SMILES string of the molecule is C=CCCOCc1ccc(Br)cc1F. The molecule has 0 N–H and O–H groups in total. The van der Waals surface area contributed by atoms with Crippen molar-refractivity contribution in [3.63, 3.8) is 0 Å². The highest BCUT2D eigenvalue weighted by Crippen LogP contribution is 2.15. The maximum Gasteiger partial charge on any atom is 0.129 e. The molecular formula is C11H12BrFO. The third-order valence-electron chi connectivity index (χ3n) is 1.74. The minimum absolute atomic E-state index is 0.238. The first-order valence-corrected chi connectivity index (χ1v) is 5.16. The Labute approximate surface area is 91.7 Å². The number of rotatable bonds is 5. The number of ether oxygens (including phenoxy) is 1. The summed E-state index contributed by atoms with van der Waals surface area (Å²) in [7, 11) is 0.